The summed E-state index contributed by atoms with van der Waals surface area (Å²) in [5.74, 6) is -0.882. The molecular weight excluding hydrogens is 585 g/mol. The van der Waals surface area contributed by atoms with Crippen molar-refractivity contribution in [3.05, 3.63) is 77.7 Å². The highest BCUT2D eigenvalue weighted by atomic mass is 32.2. The van der Waals surface area contributed by atoms with Gasteiger partial charge in [-0.3, -0.25) is 0 Å². The van der Waals surface area contributed by atoms with Crippen molar-refractivity contribution in [2.45, 2.75) is 68.2 Å². The zero-order valence-electron chi connectivity index (χ0n) is 23.9. The molecule has 2 unspecified atom stereocenters. The van der Waals surface area contributed by atoms with E-state index in [1.54, 1.807) is 11.6 Å². The van der Waals surface area contributed by atoms with Gasteiger partial charge in [0, 0.05) is 31.7 Å². The summed E-state index contributed by atoms with van der Waals surface area (Å²) in [7, 11) is -1.93. The van der Waals surface area contributed by atoms with Crippen molar-refractivity contribution in [1.82, 2.24) is 19.6 Å². The van der Waals surface area contributed by atoms with Crippen molar-refractivity contribution in [3.8, 4) is 5.75 Å². The van der Waals surface area contributed by atoms with Crippen LogP contribution in [-0.4, -0.2) is 54.4 Å². The van der Waals surface area contributed by atoms with Gasteiger partial charge in [-0.05, 0) is 54.5 Å². The molecule has 0 amide bonds. The predicted octanol–water partition coefficient (Wildman–Crippen LogP) is 4.79. The first kappa shape index (κ1) is 32.5. The summed E-state index contributed by atoms with van der Waals surface area (Å²) in [5.41, 5.74) is 3.34. The van der Waals surface area contributed by atoms with Crippen molar-refractivity contribution in [2.24, 2.45) is 13.0 Å². The van der Waals surface area contributed by atoms with E-state index in [-0.39, 0.29) is 23.5 Å². The SMILES string of the molecule is Cn1cnc(S(=O)(=O)NCc2ccc3c(c2)C(Cc2ccccc2)C(NCC2CCCCC2)CO3)c1.O=C(O)C(F)(F)F. The number of ether oxygens (including phenoxy) is 1. The quantitative estimate of drug-likeness (QED) is 0.314. The summed E-state index contributed by atoms with van der Waals surface area (Å²) < 4.78 is 67.6. The average molecular weight is 623 g/mol. The normalized spacial score (nSPS) is 19.1. The Morgan fingerprint density at radius 1 is 1.09 bits per heavy atom. The highest BCUT2D eigenvalue weighted by Crippen LogP contribution is 2.37. The molecular formula is C30H37F3N4O5S. The molecule has 0 bridgehead atoms. The van der Waals surface area contributed by atoms with Crippen LogP contribution in [0.1, 0.15) is 54.7 Å². The molecule has 3 aromatic rings. The third-order valence-electron chi connectivity index (χ3n) is 7.73. The van der Waals surface area contributed by atoms with Crippen molar-refractivity contribution in [3.63, 3.8) is 0 Å². The Morgan fingerprint density at radius 2 is 1.79 bits per heavy atom. The van der Waals surface area contributed by atoms with Crippen LogP contribution in [0, 0.1) is 5.92 Å². The van der Waals surface area contributed by atoms with E-state index in [9.17, 15) is 21.6 Å². The second-order valence-electron chi connectivity index (χ2n) is 11.0. The summed E-state index contributed by atoms with van der Waals surface area (Å²) in [6, 6.07) is 16.8. The number of carboxylic acid groups (broad SMARTS) is 1. The minimum absolute atomic E-state index is 0.0280. The Labute approximate surface area is 249 Å². The third-order valence-corrected chi connectivity index (χ3v) is 9.02. The van der Waals surface area contributed by atoms with Gasteiger partial charge in [-0.1, -0.05) is 61.7 Å². The number of aromatic nitrogens is 2. The Bertz CT molecular complexity index is 1460. The van der Waals surface area contributed by atoms with Gasteiger partial charge in [0.25, 0.3) is 10.0 Å². The standard InChI is InChI=1S/C28H36N4O3S.C2HF3O2/c1-32-18-28(30-20-32)36(33,34)31-17-23-12-13-27-25(15-23)24(14-21-8-4-2-5-9-21)26(19-35-27)29-16-22-10-6-3-7-11-22;3-2(4,5)1(6)7/h2,4-5,8-9,12-13,15,18,20,22,24,26,29,31H,3,6-7,10-11,14,16-17,19H2,1H3;(H,6,7). The highest BCUT2D eigenvalue weighted by molar-refractivity contribution is 7.89. The number of aliphatic carboxylic acids is 1. The van der Waals surface area contributed by atoms with Crippen LogP contribution in [-0.2, 0) is 34.8 Å². The summed E-state index contributed by atoms with van der Waals surface area (Å²) in [6.45, 7) is 1.87. The number of hydrogen-bond acceptors (Lipinski definition) is 6. The smallest absolute Gasteiger partial charge is 0.490 e. The summed E-state index contributed by atoms with van der Waals surface area (Å²) in [5, 5.41) is 11.0. The lowest BCUT2D eigenvalue weighted by molar-refractivity contribution is -0.192. The number of imidazole rings is 1. The maximum absolute atomic E-state index is 12.7. The van der Waals surface area contributed by atoms with E-state index in [1.807, 2.05) is 18.2 Å². The Balaban J connectivity index is 0.000000541. The average Bonchev–Trinajstić information content (AvgIpc) is 3.44. The van der Waals surface area contributed by atoms with E-state index in [2.05, 4.69) is 45.4 Å². The molecule has 5 rings (SSSR count). The number of nitrogens with one attached hydrogen (secondary N) is 2. The minimum atomic E-state index is -5.08. The number of nitrogens with zero attached hydrogens (tertiary/aromatic N) is 2. The highest BCUT2D eigenvalue weighted by Gasteiger charge is 2.38. The van der Waals surface area contributed by atoms with Crippen LogP contribution in [0.15, 0.2) is 66.1 Å². The molecule has 1 fully saturated rings. The number of aryl methyl sites for hydroxylation is 1. The largest absolute Gasteiger partial charge is 0.492 e. The lowest BCUT2D eigenvalue weighted by Gasteiger charge is -2.36. The molecule has 2 heterocycles. The van der Waals surface area contributed by atoms with Crippen LogP contribution in [0.4, 0.5) is 13.2 Å². The van der Waals surface area contributed by atoms with Gasteiger partial charge in [-0.25, -0.2) is 22.9 Å². The van der Waals surface area contributed by atoms with Gasteiger partial charge in [0.15, 0.2) is 5.03 Å². The number of benzene rings is 2. The molecule has 0 spiro atoms. The molecule has 2 aliphatic rings. The molecule has 2 atom stereocenters. The van der Waals surface area contributed by atoms with Crippen LogP contribution in [0.25, 0.3) is 0 Å². The first-order valence-corrected chi connectivity index (χ1v) is 15.7. The summed E-state index contributed by atoms with van der Waals surface area (Å²) in [6.07, 6.45) is 5.45. The maximum atomic E-state index is 12.7. The van der Waals surface area contributed by atoms with Crippen LogP contribution in [0.3, 0.4) is 0 Å². The zero-order chi connectivity index (χ0) is 31.0. The molecule has 1 saturated carbocycles. The fourth-order valence-electron chi connectivity index (χ4n) is 5.45. The van der Waals surface area contributed by atoms with E-state index in [1.165, 1.54) is 50.2 Å². The number of halogens is 3. The molecule has 1 aliphatic heterocycles. The van der Waals surface area contributed by atoms with Gasteiger partial charge in [0.2, 0.25) is 0 Å². The number of rotatable bonds is 9. The Kier molecular flexibility index (Phi) is 10.9. The lowest BCUT2D eigenvalue weighted by Crippen LogP contribution is -2.45. The second kappa shape index (κ2) is 14.4. The molecule has 2 aromatic carbocycles. The Morgan fingerprint density at radius 3 is 2.42 bits per heavy atom. The van der Waals surface area contributed by atoms with E-state index in [4.69, 9.17) is 14.6 Å². The molecule has 3 N–H and O–H groups in total. The van der Waals surface area contributed by atoms with Crippen LogP contribution in [0.5, 0.6) is 5.75 Å². The van der Waals surface area contributed by atoms with Crippen molar-refractivity contribution < 1.29 is 36.2 Å². The van der Waals surface area contributed by atoms with Gasteiger partial charge in [-0.15, -0.1) is 0 Å². The first-order valence-electron chi connectivity index (χ1n) is 14.2. The summed E-state index contributed by atoms with van der Waals surface area (Å²) in [4.78, 5) is 12.9. The number of fused-ring (bicyclic) bond motifs is 1. The second-order valence-corrected chi connectivity index (χ2v) is 12.7. The molecule has 0 saturated heterocycles. The Hall–Kier alpha value is -3.42. The molecule has 234 valence electrons. The molecule has 0 radical (unpaired) electrons. The minimum Gasteiger partial charge on any atom is -0.492 e. The van der Waals surface area contributed by atoms with Crippen molar-refractivity contribution in [2.75, 3.05) is 13.2 Å². The number of carboxylic acids is 1. The van der Waals surface area contributed by atoms with Gasteiger partial charge in [-0.2, -0.15) is 13.2 Å². The molecule has 1 aromatic heterocycles. The van der Waals surface area contributed by atoms with Crippen LogP contribution >= 0.6 is 0 Å². The monoisotopic (exact) mass is 622 g/mol. The number of hydrogen-bond donors (Lipinski definition) is 3. The number of alkyl halides is 3. The van der Waals surface area contributed by atoms with E-state index in [0.29, 0.717) is 6.61 Å². The topological polar surface area (TPSA) is 123 Å². The molecule has 1 aliphatic carbocycles. The number of carbonyl (C=O) groups is 1. The molecule has 43 heavy (non-hydrogen) atoms. The van der Waals surface area contributed by atoms with Crippen molar-refractivity contribution >= 4 is 16.0 Å². The third kappa shape index (κ3) is 9.28. The van der Waals surface area contributed by atoms with Crippen LogP contribution < -0.4 is 14.8 Å². The van der Waals surface area contributed by atoms with Crippen molar-refractivity contribution in [1.29, 1.82) is 0 Å². The van der Waals surface area contributed by atoms with Gasteiger partial charge in [0.05, 0.1) is 6.33 Å². The number of sulfonamides is 1. The predicted molar refractivity (Wildman–Crippen MR) is 154 cm³/mol. The lowest BCUT2D eigenvalue weighted by atomic mass is 9.82. The van der Waals surface area contributed by atoms with Gasteiger partial charge in [0.1, 0.15) is 12.4 Å². The van der Waals surface area contributed by atoms with E-state index < -0.39 is 22.2 Å². The van der Waals surface area contributed by atoms with Gasteiger partial charge < -0.3 is 19.7 Å². The van der Waals surface area contributed by atoms with Gasteiger partial charge >= 0.3 is 12.1 Å². The first-order chi connectivity index (χ1) is 20.4. The molecule has 9 nitrogen and oxygen atoms in total. The fourth-order valence-corrected chi connectivity index (χ4v) is 6.45. The fraction of sp³-hybridized carbons (Fsp3) is 0.467. The van der Waals surface area contributed by atoms with Crippen LogP contribution in [0.2, 0.25) is 0 Å². The summed E-state index contributed by atoms with van der Waals surface area (Å²) >= 11 is 0. The van der Waals surface area contributed by atoms with E-state index >= 15 is 0 Å². The maximum Gasteiger partial charge on any atom is 0.490 e. The molecule has 13 heteroatoms. The zero-order valence-corrected chi connectivity index (χ0v) is 24.7. The van der Waals surface area contributed by atoms with E-state index in [0.717, 1.165) is 35.8 Å².